The Hall–Kier alpha value is -0.610. The van der Waals surface area contributed by atoms with Crippen molar-refractivity contribution in [1.82, 2.24) is 5.32 Å². The summed E-state index contributed by atoms with van der Waals surface area (Å²) in [6.07, 6.45) is 2.59. The number of unbranched alkanes of at least 4 members (excludes halogenated alkanes) is 1. The lowest BCUT2D eigenvalue weighted by Gasteiger charge is -2.29. The predicted molar refractivity (Wildman–Crippen MR) is 66.2 cm³/mol. The van der Waals surface area contributed by atoms with E-state index >= 15 is 0 Å². The topological polar surface area (TPSA) is 64.3 Å². The SMILES string of the molecule is CCCCC(=O)NCC(C)(C)OC(C)CN. The number of hydrogen-bond donors (Lipinski definition) is 2. The number of amides is 1. The first-order chi connectivity index (χ1) is 7.41. The molecule has 4 nitrogen and oxygen atoms in total. The summed E-state index contributed by atoms with van der Waals surface area (Å²) >= 11 is 0. The van der Waals surface area contributed by atoms with Crippen LogP contribution >= 0.6 is 0 Å². The molecule has 0 spiro atoms. The average molecular weight is 230 g/mol. The fourth-order valence-corrected chi connectivity index (χ4v) is 1.37. The fourth-order valence-electron chi connectivity index (χ4n) is 1.37. The summed E-state index contributed by atoms with van der Waals surface area (Å²) in [5.41, 5.74) is 5.13. The molecule has 0 aromatic heterocycles. The van der Waals surface area contributed by atoms with Crippen LogP contribution in [0.4, 0.5) is 0 Å². The monoisotopic (exact) mass is 230 g/mol. The second-order valence-electron chi connectivity index (χ2n) is 4.80. The van der Waals surface area contributed by atoms with Gasteiger partial charge >= 0.3 is 0 Å². The lowest BCUT2D eigenvalue weighted by Crippen LogP contribution is -2.43. The Labute approximate surface area is 98.9 Å². The van der Waals surface area contributed by atoms with Crippen molar-refractivity contribution in [2.75, 3.05) is 13.1 Å². The molecule has 0 radical (unpaired) electrons. The maximum Gasteiger partial charge on any atom is 0.220 e. The first kappa shape index (κ1) is 15.4. The van der Waals surface area contributed by atoms with Gasteiger partial charge in [0.1, 0.15) is 0 Å². The normalized spacial score (nSPS) is 13.6. The summed E-state index contributed by atoms with van der Waals surface area (Å²) in [5, 5.41) is 2.88. The van der Waals surface area contributed by atoms with Gasteiger partial charge in [0.25, 0.3) is 0 Å². The Morgan fingerprint density at radius 3 is 2.62 bits per heavy atom. The molecule has 0 aromatic rings. The van der Waals surface area contributed by atoms with Crippen molar-refractivity contribution in [1.29, 1.82) is 0 Å². The van der Waals surface area contributed by atoms with E-state index < -0.39 is 0 Å². The van der Waals surface area contributed by atoms with Crippen LogP contribution in [0.5, 0.6) is 0 Å². The second-order valence-corrected chi connectivity index (χ2v) is 4.80. The van der Waals surface area contributed by atoms with Gasteiger partial charge in [-0.3, -0.25) is 4.79 Å². The second kappa shape index (κ2) is 7.63. The van der Waals surface area contributed by atoms with E-state index in [4.69, 9.17) is 10.5 Å². The number of ether oxygens (including phenoxy) is 1. The zero-order chi connectivity index (χ0) is 12.6. The molecule has 1 atom stereocenters. The van der Waals surface area contributed by atoms with Gasteiger partial charge in [0.05, 0.1) is 11.7 Å². The van der Waals surface area contributed by atoms with Gasteiger partial charge in [0.15, 0.2) is 0 Å². The Balaban J connectivity index is 3.84. The molecular formula is C12H26N2O2. The van der Waals surface area contributed by atoms with E-state index in [-0.39, 0.29) is 17.6 Å². The molecule has 1 unspecified atom stereocenters. The lowest BCUT2D eigenvalue weighted by atomic mass is 10.1. The van der Waals surface area contributed by atoms with E-state index in [1.165, 1.54) is 0 Å². The van der Waals surface area contributed by atoms with Gasteiger partial charge in [0.2, 0.25) is 5.91 Å². The standard InChI is InChI=1S/C12H26N2O2/c1-5-6-7-11(15)14-9-12(3,4)16-10(2)8-13/h10H,5-9,13H2,1-4H3,(H,14,15). The quantitative estimate of drug-likeness (QED) is 0.663. The molecule has 4 heteroatoms. The number of carbonyl (C=O) groups is 1. The van der Waals surface area contributed by atoms with E-state index in [1.54, 1.807) is 0 Å². The summed E-state index contributed by atoms with van der Waals surface area (Å²) in [6, 6.07) is 0. The minimum Gasteiger partial charge on any atom is -0.369 e. The molecule has 1 amide bonds. The third-order valence-corrected chi connectivity index (χ3v) is 2.32. The largest absolute Gasteiger partial charge is 0.369 e. The number of rotatable bonds is 8. The highest BCUT2D eigenvalue weighted by atomic mass is 16.5. The van der Waals surface area contributed by atoms with Crippen molar-refractivity contribution in [2.24, 2.45) is 5.73 Å². The first-order valence-corrected chi connectivity index (χ1v) is 6.06. The first-order valence-electron chi connectivity index (χ1n) is 6.06. The van der Waals surface area contributed by atoms with Crippen molar-refractivity contribution in [3.8, 4) is 0 Å². The molecular weight excluding hydrogens is 204 g/mol. The third-order valence-electron chi connectivity index (χ3n) is 2.32. The van der Waals surface area contributed by atoms with Crippen molar-refractivity contribution >= 4 is 5.91 Å². The Morgan fingerprint density at radius 1 is 1.50 bits per heavy atom. The summed E-state index contributed by atoms with van der Waals surface area (Å²) in [6.45, 7) is 8.94. The van der Waals surface area contributed by atoms with Crippen LogP contribution in [-0.2, 0) is 9.53 Å². The summed E-state index contributed by atoms with van der Waals surface area (Å²) in [5.74, 6) is 0.0962. The molecule has 0 aliphatic heterocycles. The molecule has 16 heavy (non-hydrogen) atoms. The maximum absolute atomic E-state index is 11.4. The van der Waals surface area contributed by atoms with Gasteiger partial charge in [0, 0.05) is 19.5 Å². The molecule has 0 bridgehead atoms. The van der Waals surface area contributed by atoms with Crippen molar-refractivity contribution in [3.05, 3.63) is 0 Å². The maximum atomic E-state index is 11.4. The average Bonchev–Trinajstić information content (AvgIpc) is 2.23. The molecule has 0 saturated heterocycles. The molecule has 0 aliphatic rings. The Bertz CT molecular complexity index is 205. The summed E-state index contributed by atoms with van der Waals surface area (Å²) in [4.78, 5) is 11.4. The third kappa shape index (κ3) is 7.65. The van der Waals surface area contributed by atoms with E-state index in [2.05, 4.69) is 12.2 Å². The summed E-state index contributed by atoms with van der Waals surface area (Å²) < 4.78 is 5.70. The smallest absolute Gasteiger partial charge is 0.220 e. The number of carbonyl (C=O) groups excluding carboxylic acids is 1. The summed E-state index contributed by atoms with van der Waals surface area (Å²) in [7, 11) is 0. The van der Waals surface area contributed by atoms with Gasteiger partial charge in [-0.15, -0.1) is 0 Å². The van der Waals surface area contributed by atoms with E-state index in [0.717, 1.165) is 12.8 Å². The molecule has 3 N–H and O–H groups in total. The molecule has 0 rings (SSSR count). The highest BCUT2D eigenvalue weighted by molar-refractivity contribution is 5.75. The number of hydrogen-bond acceptors (Lipinski definition) is 3. The van der Waals surface area contributed by atoms with Gasteiger partial charge in [-0.05, 0) is 27.2 Å². The van der Waals surface area contributed by atoms with Crippen LogP contribution in [0.15, 0.2) is 0 Å². The highest BCUT2D eigenvalue weighted by Gasteiger charge is 2.21. The van der Waals surface area contributed by atoms with Crippen LogP contribution in [0.1, 0.15) is 47.0 Å². The molecule has 0 aromatic carbocycles. The lowest BCUT2D eigenvalue weighted by molar-refractivity contribution is -0.123. The van der Waals surface area contributed by atoms with Crippen LogP contribution in [0.25, 0.3) is 0 Å². The van der Waals surface area contributed by atoms with Crippen molar-refractivity contribution in [3.63, 3.8) is 0 Å². The van der Waals surface area contributed by atoms with Gasteiger partial charge < -0.3 is 15.8 Å². The Kier molecular flexibility index (Phi) is 7.34. The van der Waals surface area contributed by atoms with Gasteiger partial charge in [-0.1, -0.05) is 13.3 Å². The van der Waals surface area contributed by atoms with Crippen LogP contribution in [0.3, 0.4) is 0 Å². The van der Waals surface area contributed by atoms with Crippen LogP contribution < -0.4 is 11.1 Å². The molecule has 96 valence electrons. The van der Waals surface area contributed by atoms with E-state index in [0.29, 0.717) is 19.5 Å². The fraction of sp³-hybridized carbons (Fsp3) is 0.917. The van der Waals surface area contributed by atoms with Gasteiger partial charge in [-0.25, -0.2) is 0 Å². The minimum atomic E-state index is -0.360. The minimum absolute atomic E-state index is 0.0162. The number of nitrogens with one attached hydrogen (secondary N) is 1. The molecule has 0 fully saturated rings. The zero-order valence-corrected chi connectivity index (χ0v) is 11.0. The van der Waals surface area contributed by atoms with Crippen LogP contribution in [0, 0.1) is 0 Å². The van der Waals surface area contributed by atoms with E-state index in [9.17, 15) is 4.79 Å². The van der Waals surface area contributed by atoms with Gasteiger partial charge in [-0.2, -0.15) is 0 Å². The molecule has 0 saturated carbocycles. The number of nitrogens with two attached hydrogens (primary N) is 1. The van der Waals surface area contributed by atoms with E-state index in [1.807, 2.05) is 20.8 Å². The van der Waals surface area contributed by atoms with Crippen molar-refractivity contribution in [2.45, 2.75) is 58.7 Å². The molecule has 0 aliphatic carbocycles. The van der Waals surface area contributed by atoms with Crippen LogP contribution in [-0.4, -0.2) is 30.7 Å². The zero-order valence-electron chi connectivity index (χ0n) is 11.0. The van der Waals surface area contributed by atoms with Crippen molar-refractivity contribution < 1.29 is 9.53 Å². The predicted octanol–water partition coefficient (Wildman–Crippen LogP) is 1.44. The highest BCUT2D eigenvalue weighted by Crippen LogP contribution is 2.10. The molecule has 0 heterocycles. The Morgan fingerprint density at radius 2 is 2.12 bits per heavy atom. The van der Waals surface area contributed by atoms with Crippen LogP contribution in [0.2, 0.25) is 0 Å².